The molecule has 0 aliphatic rings. The molecule has 0 radical (unpaired) electrons. The third kappa shape index (κ3) is 2.98. The van der Waals surface area contributed by atoms with E-state index < -0.39 is 17.6 Å². The smallest absolute Gasteiger partial charge is 0.338 e. The highest BCUT2D eigenvalue weighted by molar-refractivity contribution is 5.94. The molecule has 23 heavy (non-hydrogen) atoms. The van der Waals surface area contributed by atoms with Crippen molar-refractivity contribution in [3.05, 3.63) is 53.6 Å². The lowest BCUT2D eigenvalue weighted by molar-refractivity contribution is 0.0526. The Bertz CT molecular complexity index is 857. The van der Waals surface area contributed by atoms with Gasteiger partial charge in [0.25, 0.3) is 0 Å². The summed E-state index contributed by atoms with van der Waals surface area (Å²) in [5, 5.41) is 2.57. The zero-order chi connectivity index (χ0) is 16.4. The predicted octanol–water partition coefficient (Wildman–Crippen LogP) is 3.76. The number of benzene rings is 2. The summed E-state index contributed by atoms with van der Waals surface area (Å²) < 4.78 is 32.2. The molecule has 0 saturated heterocycles. The molecule has 0 spiro atoms. The summed E-state index contributed by atoms with van der Waals surface area (Å²) in [6.45, 7) is 2.00. The molecule has 1 aromatic heterocycles. The second kappa shape index (κ2) is 6.04. The monoisotopic (exact) mass is 317 g/mol. The summed E-state index contributed by atoms with van der Waals surface area (Å²) in [5.74, 6) is -1.72. The Morgan fingerprint density at radius 1 is 1.26 bits per heavy atom. The molecule has 5 nitrogen and oxygen atoms in total. The Hall–Kier alpha value is -2.96. The van der Waals surface area contributed by atoms with Gasteiger partial charge in [0.1, 0.15) is 17.3 Å². The van der Waals surface area contributed by atoms with Crippen molar-refractivity contribution >= 4 is 28.6 Å². The number of fused-ring (bicyclic) bond motifs is 1. The number of H-pyrrole nitrogens is 1. The minimum atomic E-state index is -0.724. The van der Waals surface area contributed by atoms with Gasteiger partial charge in [0.15, 0.2) is 0 Å². The van der Waals surface area contributed by atoms with Crippen LogP contribution in [0.1, 0.15) is 17.3 Å². The summed E-state index contributed by atoms with van der Waals surface area (Å²) in [5.41, 5.74) is 1.18. The predicted molar refractivity (Wildman–Crippen MR) is 81.7 cm³/mol. The van der Waals surface area contributed by atoms with Gasteiger partial charge in [0.05, 0.1) is 23.2 Å². The molecular formula is C16H13F2N3O2. The number of aromatic amines is 1. The van der Waals surface area contributed by atoms with E-state index in [2.05, 4.69) is 15.3 Å². The van der Waals surface area contributed by atoms with Gasteiger partial charge in [-0.05, 0) is 37.3 Å². The standard InChI is InChI=1S/C16H13F2N3O2/c1-2-23-15(22)9-6-7-12-13(8-9)20-16(19-12)21-14-10(17)4-3-5-11(14)18/h3-8H,2H2,1H3,(H2,19,20,21). The van der Waals surface area contributed by atoms with E-state index in [1.165, 1.54) is 6.07 Å². The Morgan fingerprint density at radius 3 is 2.70 bits per heavy atom. The molecule has 0 fully saturated rings. The quantitative estimate of drug-likeness (QED) is 0.719. The number of para-hydroxylation sites is 1. The second-order valence-corrected chi connectivity index (χ2v) is 4.76. The van der Waals surface area contributed by atoms with Gasteiger partial charge in [-0.25, -0.2) is 18.6 Å². The fourth-order valence-corrected chi connectivity index (χ4v) is 2.15. The van der Waals surface area contributed by atoms with Crippen molar-refractivity contribution < 1.29 is 18.3 Å². The van der Waals surface area contributed by atoms with Gasteiger partial charge >= 0.3 is 5.97 Å². The summed E-state index contributed by atoms with van der Waals surface area (Å²) in [6, 6.07) is 8.35. The van der Waals surface area contributed by atoms with Crippen LogP contribution in [-0.2, 0) is 4.74 Å². The fourth-order valence-electron chi connectivity index (χ4n) is 2.15. The number of ether oxygens (including phenoxy) is 1. The number of nitrogens with one attached hydrogen (secondary N) is 2. The van der Waals surface area contributed by atoms with Gasteiger partial charge in [-0.3, -0.25) is 0 Å². The molecular weight excluding hydrogens is 304 g/mol. The van der Waals surface area contributed by atoms with Crippen molar-refractivity contribution in [2.75, 3.05) is 11.9 Å². The van der Waals surface area contributed by atoms with Crippen LogP contribution in [0.3, 0.4) is 0 Å². The number of hydrogen-bond donors (Lipinski definition) is 2. The maximum atomic E-state index is 13.6. The van der Waals surface area contributed by atoms with Crippen LogP contribution < -0.4 is 5.32 Å². The van der Waals surface area contributed by atoms with E-state index in [4.69, 9.17) is 4.74 Å². The highest BCUT2D eigenvalue weighted by Gasteiger charge is 2.12. The number of carbonyl (C=O) groups excluding carboxylic acids is 1. The minimum absolute atomic E-state index is 0.171. The topological polar surface area (TPSA) is 67.0 Å². The van der Waals surface area contributed by atoms with Crippen LogP contribution in [0, 0.1) is 11.6 Å². The van der Waals surface area contributed by atoms with Gasteiger partial charge in [-0.15, -0.1) is 0 Å². The van der Waals surface area contributed by atoms with Crippen molar-refractivity contribution in [3.8, 4) is 0 Å². The molecule has 3 rings (SSSR count). The molecule has 0 saturated carbocycles. The molecule has 1 heterocycles. The molecule has 7 heteroatoms. The van der Waals surface area contributed by atoms with E-state index in [1.807, 2.05) is 0 Å². The van der Waals surface area contributed by atoms with E-state index in [0.717, 1.165) is 12.1 Å². The number of anilines is 2. The van der Waals surface area contributed by atoms with E-state index in [0.29, 0.717) is 16.6 Å². The van der Waals surface area contributed by atoms with Crippen molar-refractivity contribution in [3.63, 3.8) is 0 Å². The lowest BCUT2D eigenvalue weighted by Gasteiger charge is -2.04. The number of hydrogen-bond acceptors (Lipinski definition) is 4. The molecule has 0 aliphatic heterocycles. The zero-order valence-corrected chi connectivity index (χ0v) is 12.2. The van der Waals surface area contributed by atoms with E-state index in [-0.39, 0.29) is 18.2 Å². The minimum Gasteiger partial charge on any atom is -0.462 e. The molecule has 3 aromatic rings. The summed E-state index contributed by atoms with van der Waals surface area (Å²) in [6.07, 6.45) is 0. The van der Waals surface area contributed by atoms with Crippen molar-refractivity contribution in [2.45, 2.75) is 6.92 Å². The van der Waals surface area contributed by atoms with E-state index in [9.17, 15) is 13.6 Å². The van der Waals surface area contributed by atoms with E-state index >= 15 is 0 Å². The maximum Gasteiger partial charge on any atom is 0.338 e. The summed E-state index contributed by atoms with van der Waals surface area (Å²) in [7, 11) is 0. The second-order valence-electron chi connectivity index (χ2n) is 4.76. The molecule has 0 atom stereocenters. The molecule has 2 aromatic carbocycles. The van der Waals surface area contributed by atoms with Crippen LogP contribution in [0.5, 0.6) is 0 Å². The molecule has 0 aliphatic carbocycles. The highest BCUT2D eigenvalue weighted by atomic mass is 19.1. The molecule has 0 amide bonds. The first-order valence-electron chi connectivity index (χ1n) is 6.96. The number of imidazole rings is 1. The van der Waals surface area contributed by atoms with Crippen LogP contribution in [0.4, 0.5) is 20.4 Å². The molecule has 2 N–H and O–H groups in total. The number of rotatable bonds is 4. The summed E-state index contributed by atoms with van der Waals surface area (Å²) in [4.78, 5) is 18.8. The fraction of sp³-hybridized carbons (Fsp3) is 0.125. The number of carbonyl (C=O) groups is 1. The van der Waals surface area contributed by atoms with E-state index in [1.54, 1.807) is 25.1 Å². The largest absolute Gasteiger partial charge is 0.462 e. The Labute approximate surface area is 130 Å². The first-order chi connectivity index (χ1) is 11.1. The molecule has 0 bridgehead atoms. The molecule has 118 valence electrons. The van der Waals surface area contributed by atoms with Gasteiger partial charge in [-0.2, -0.15) is 0 Å². The van der Waals surface area contributed by atoms with Gasteiger partial charge in [-0.1, -0.05) is 6.07 Å². The van der Waals surface area contributed by atoms with Crippen LogP contribution in [0.25, 0.3) is 11.0 Å². The first kappa shape index (κ1) is 15.0. The van der Waals surface area contributed by atoms with Crippen molar-refractivity contribution in [1.29, 1.82) is 0 Å². The number of esters is 1. The Balaban J connectivity index is 1.93. The number of nitrogens with zero attached hydrogens (tertiary/aromatic N) is 1. The summed E-state index contributed by atoms with van der Waals surface area (Å²) >= 11 is 0. The van der Waals surface area contributed by atoms with Crippen LogP contribution in [0.2, 0.25) is 0 Å². The highest BCUT2D eigenvalue weighted by Crippen LogP contribution is 2.24. The van der Waals surface area contributed by atoms with Gasteiger partial charge in [0.2, 0.25) is 5.95 Å². The average molecular weight is 317 g/mol. The number of aromatic nitrogens is 2. The maximum absolute atomic E-state index is 13.6. The van der Waals surface area contributed by atoms with Crippen molar-refractivity contribution in [1.82, 2.24) is 9.97 Å². The zero-order valence-electron chi connectivity index (χ0n) is 12.2. The number of halogens is 2. The third-order valence-corrected chi connectivity index (χ3v) is 3.20. The third-order valence-electron chi connectivity index (χ3n) is 3.20. The van der Waals surface area contributed by atoms with Gasteiger partial charge < -0.3 is 15.0 Å². The SMILES string of the molecule is CCOC(=O)c1ccc2nc(Nc3c(F)cccc3F)[nH]c2c1. The van der Waals surface area contributed by atoms with Crippen LogP contribution >= 0.6 is 0 Å². The van der Waals surface area contributed by atoms with Crippen LogP contribution in [-0.4, -0.2) is 22.5 Å². The Kier molecular flexibility index (Phi) is 3.92. The first-order valence-corrected chi connectivity index (χ1v) is 6.96. The van der Waals surface area contributed by atoms with Crippen LogP contribution in [0.15, 0.2) is 36.4 Å². The average Bonchev–Trinajstić information content (AvgIpc) is 2.93. The normalized spacial score (nSPS) is 10.7. The lowest BCUT2D eigenvalue weighted by Crippen LogP contribution is -2.04. The Morgan fingerprint density at radius 2 is 2.00 bits per heavy atom. The van der Waals surface area contributed by atoms with Gasteiger partial charge in [0, 0.05) is 0 Å². The molecule has 0 unspecified atom stereocenters. The van der Waals surface area contributed by atoms with Crippen molar-refractivity contribution in [2.24, 2.45) is 0 Å². The lowest BCUT2D eigenvalue weighted by atomic mass is 10.2.